The number of anilines is 1. The molecule has 3 aromatic rings. The summed E-state index contributed by atoms with van der Waals surface area (Å²) in [6, 6.07) is 17.3. The highest BCUT2D eigenvalue weighted by molar-refractivity contribution is 5.95. The molecule has 1 amide bonds. The molecule has 1 atom stereocenters. The van der Waals surface area contributed by atoms with E-state index in [1.807, 2.05) is 62.4 Å². The maximum absolute atomic E-state index is 12.5. The summed E-state index contributed by atoms with van der Waals surface area (Å²) >= 11 is 0. The Morgan fingerprint density at radius 1 is 1.08 bits per heavy atom. The van der Waals surface area contributed by atoms with Crippen LogP contribution < -0.4 is 10.1 Å². The summed E-state index contributed by atoms with van der Waals surface area (Å²) in [4.78, 5) is 21.0. The molecule has 0 saturated heterocycles. The average Bonchev–Trinajstić information content (AvgIpc) is 2.68. The van der Waals surface area contributed by atoms with Crippen molar-refractivity contribution in [2.24, 2.45) is 0 Å². The molecule has 0 fully saturated rings. The number of benzene rings is 2. The van der Waals surface area contributed by atoms with Crippen LogP contribution >= 0.6 is 0 Å². The van der Waals surface area contributed by atoms with Gasteiger partial charge in [0.2, 0.25) is 5.91 Å². The Hall–Kier alpha value is -3.21. The summed E-state index contributed by atoms with van der Waals surface area (Å²) in [6.07, 6.45) is 1.44. The second-order valence-corrected chi connectivity index (χ2v) is 6.11. The van der Waals surface area contributed by atoms with E-state index in [2.05, 4.69) is 15.3 Å². The van der Waals surface area contributed by atoms with Gasteiger partial charge in [-0.15, -0.1) is 0 Å². The number of methoxy groups -OCH3 is 1. The lowest BCUT2D eigenvalue weighted by molar-refractivity contribution is -0.117. The number of rotatable bonds is 5. The predicted molar refractivity (Wildman–Crippen MR) is 102 cm³/mol. The largest absolute Gasteiger partial charge is 0.496 e. The van der Waals surface area contributed by atoms with E-state index in [1.54, 1.807) is 13.2 Å². The van der Waals surface area contributed by atoms with Crippen LogP contribution in [0.2, 0.25) is 0 Å². The Morgan fingerprint density at radius 2 is 1.85 bits per heavy atom. The van der Waals surface area contributed by atoms with Crippen molar-refractivity contribution in [3.05, 3.63) is 72.1 Å². The quantitative estimate of drug-likeness (QED) is 0.751. The van der Waals surface area contributed by atoms with Crippen LogP contribution in [0.3, 0.4) is 0 Å². The molecule has 0 aliphatic rings. The Bertz CT molecular complexity index is 910. The van der Waals surface area contributed by atoms with Gasteiger partial charge in [-0.25, -0.2) is 9.97 Å². The fourth-order valence-corrected chi connectivity index (χ4v) is 2.72. The van der Waals surface area contributed by atoms with E-state index in [1.165, 1.54) is 6.33 Å². The fourth-order valence-electron chi connectivity index (χ4n) is 2.72. The lowest BCUT2D eigenvalue weighted by Gasteiger charge is -2.13. The highest BCUT2D eigenvalue weighted by Crippen LogP contribution is 2.30. The zero-order valence-electron chi connectivity index (χ0n) is 15.1. The third-order valence-corrected chi connectivity index (χ3v) is 4.24. The smallest absolute Gasteiger partial charge is 0.232 e. The predicted octanol–water partition coefficient (Wildman–Crippen LogP) is 4.20. The van der Waals surface area contributed by atoms with E-state index in [4.69, 9.17) is 4.74 Å². The van der Waals surface area contributed by atoms with Crippen LogP contribution in [0.1, 0.15) is 24.0 Å². The summed E-state index contributed by atoms with van der Waals surface area (Å²) in [5.74, 6) is 0.802. The Morgan fingerprint density at radius 3 is 2.58 bits per heavy atom. The minimum Gasteiger partial charge on any atom is -0.496 e. The molecule has 5 heteroatoms. The Labute approximate surface area is 153 Å². The molecule has 0 aliphatic heterocycles. The van der Waals surface area contributed by atoms with E-state index in [0.717, 1.165) is 22.4 Å². The molecule has 0 unspecified atom stereocenters. The summed E-state index contributed by atoms with van der Waals surface area (Å²) in [6.45, 7) is 3.88. The van der Waals surface area contributed by atoms with Crippen molar-refractivity contribution in [1.82, 2.24) is 9.97 Å². The standard InChI is InChI=1S/C21H21N3O2/c1-14-9-10-19(26-3)17(11-14)18-12-20(23-13-22-18)24-21(25)15(2)16-7-5-4-6-8-16/h4-13,15H,1-3H3,(H,22,23,24,25)/t15-/m1/s1. The van der Waals surface area contributed by atoms with Crippen molar-refractivity contribution in [3.63, 3.8) is 0 Å². The van der Waals surface area contributed by atoms with Gasteiger partial charge in [0.25, 0.3) is 0 Å². The molecular weight excluding hydrogens is 326 g/mol. The second kappa shape index (κ2) is 7.78. The molecule has 132 valence electrons. The average molecular weight is 347 g/mol. The molecule has 1 aromatic heterocycles. The van der Waals surface area contributed by atoms with Crippen molar-refractivity contribution in [2.45, 2.75) is 19.8 Å². The molecule has 1 N–H and O–H groups in total. The van der Waals surface area contributed by atoms with Crippen molar-refractivity contribution < 1.29 is 9.53 Å². The number of hydrogen-bond acceptors (Lipinski definition) is 4. The molecule has 26 heavy (non-hydrogen) atoms. The van der Waals surface area contributed by atoms with Gasteiger partial charge in [0, 0.05) is 11.6 Å². The number of amides is 1. The molecule has 3 rings (SSSR count). The van der Waals surface area contributed by atoms with Crippen LogP contribution in [0.5, 0.6) is 5.75 Å². The normalized spacial score (nSPS) is 11.7. The maximum atomic E-state index is 12.5. The molecule has 0 aliphatic carbocycles. The van der Waals surface area contributed by atoms with Crippen molar-refractivity contribution >= 4 is 11.7 Å². The number of hydrogen-bond donors (Lipinski definition) is 1. The molecule has 0 saturated carbocycles. The zero-order chi connectivity index (χ0) is 18.5. The van der Waals surface area contributed by atoms with Crippen LogP contribution in [0.15, 0.2) is 60.9 Å². The SMILES string of the molecule is COc1ccc(C)cc1-c1cc(NC(=O)[C@H](C)c2ccccc2)ncn1. The Kier molecular flexibility index (Phi) is 5.27. The van der Waals surface area contributed by atoms with Gasteiger partial charge in [-0.3, -0.25) is 4.79 Å². The third-order valence-electron chi connectivity index (χ3n) is 4.24. The molecular formula is C21H21N3O2. The lowest BCUT2D eigenvalue weighted by Crippen LogP contribution is -2.19. The minimum absolute atomic E-state index is 0.114. The first-order valence-corrected chi connectivity index (χ1v) is 8.41. The van der Waals surface area contributed by atoms with Gasteiger partial charge in [0.1, 0.15) is 17.9 Å². The maximum Gasteiger partial charge on any atom is 0.232 e. The van der Waals surface area contributed by atoms with Gasteiger partial charge in [0.15, 0.2) is 0 Å². The number of nitrogens with zero attached hydrogens (tertiary/aromatic N) is 2. The second-order valence-electron chi connectivity index (χ2n) is 6.11. The van der Waals surface area contributed by atoms with E-state index in [0.29, 0.717) is 11.5 Å². The fraction of sp³-hybridized carbons (Fsp3) is 0.190. The van der Waals surface area contributed by atoms with Crippen LogP contribution in [0, 0.1) is 6.92 Å². The van der Waals surface area contributed by atoms with E-state index >= 15 is 0 Å². The first-order valence-electron chi connectivity index (χ1n) is 8.41. The molecule has 0 bridgehead atoms. The minimum atomic E-state index is -0.275. The van der Waals surface area contributed by atoms with Crippen molar-refractivity contribution in [3.8, 4) is 17.0 Å². The number of aryl methyl sites for hydroxylation is 1. The summed E-state index contributed by atoms with van der Waals surface area (Å²) in [5, 5.41) is 2.87. The van der Waals surface area contributed by atoms with Crippen LogP contribution in [-0.2, 0) is 4.79 Å². The van der Waals surface area contributed by atoms with E-state index < -0.39 is 0 Å². The van der Waals surface area contributed by atoms with Gasteiger partial charge in [-0.05, 0) is 31.5 Å². The number of aromatic nitrogens is 2. The lowest BCUT2D eigenvalue weighted by atomic mass is 10.0. The molecule has 1 heterocycles. The zero-order valence-corrected chi connectivity index (χ0v) is 15.1. The molecule has 2 aromatic carbocycles. The molecule has 0 radical (unpaired) electrons. The first-order chi connectivity index (χ1) is 12.6. The summed E-state index contributed by atoms with van der Waals surface area (Å²) in [7, 11) is 1.62. The summed E-state index contributed by atoms with van der Waals surface area (Å²) in [5.41, 5.74) is 3.62. The summed E-state index contributed by atoms with van der Waals surface area (Å²) < 4.78 is 5.42. The first kappa shape index (κ1) is 17.6. The van der Waals surface area contributed by atoms with Crippen LogP contribution in [0.4, 0.5) is 5.82 Å². The monoisotopic (exact) mass is 347 g/mol. The number of carbonyl (C=O) groups excluding carboxylic acids is 1. The van der Waals surface area contributed by atoms with Crippen LogP contribution in [0.25, 0.3) is 11.3 Å². The van der Waals surface area contributed by atoms with Gasteiger partial charge in [0.05, 0.1) is 18.7 Å². The Balaban J connectivity index is 1.84. The van der Waals surface area contributed by atoms with Gasteiger partial charge in [-0.1, -0.05) is 42.0 Å². The van der Waals surface area contributed by atoms with Crippen molar-refractivity contribution in [2.75, 3.05) is 12.4 Å². The van der Waals surface area contributed by atoms with Crippen LogP contribution in [-0.4, -0.2) is 23.0 Å². The molecule has 5 nitrogen and oxygen atoms in total. The number of nitrogens with one attached hydrogen (secondary N) is 1. The highest BCUT2D eigenvalue weighted by atomic mass is 16.5. The topological polar surface area (TPSA) is 64.1 Å². The number of ether oxygens (including phenoxy) is 1. The van der Waals surface area contributed by atoms with Crippen molar-refractivity contribution in [1.29, 1.82) is 0 Å². The molecule has 0 spiro atoms. The van der Waals surface area contributed by atoms with Gasteiger partial charge in [-0.2, -0.15) is 0 Å². The highest BCUT2D eigenvalue weighted by Gasteiger charge is 2.16. The van der Waals surface area contributed by atoms with Gasteiger partial charge >= 0.3 is 0 Å². The van der Waals surface area contributed by atoms with E-state index in [-0.39, 0.29) is 11.8 Å². The van der Waals surface area contributed by atoms with E-state index in [9.17, 15) is 4.79 Å². The van der Waals surface area contributed by atoms with Gasteiger partial charge < -0.3 is 10.1 Å². The third kappa shape index (κ3) is 3.88. The number of carbonyl (C=O) groups is 1.